The average Bonchev–Trinajstić information content (AvgIpc) is 2.84. The Kier molecular flexibility index (Phi) is 3.60. The summed E-state index contributed by atoms with van der Waals surface area (Å²) in [4.78, 5) is 23.7. The first-order valence-corrected chi connectivity index (χ1v) is 5.56. The molecule has 0 spiro atoms. The number of amides is 1. The summed E-state index contributed by atoms with van der Waals surface area (Å²) < 4.78 is 4.35. The van der Waals surface area contributed by atoms with Gasteiger partial charge in [0, 0.05) is 18.7 Å². The summed E-state index contributed by atoms with van der Waals surface area (Å²) in [6.07, 6.45) is 0. The zero-order valence-corrected chi connectivity index (χ0v) is 10.5. The first-order valence-electron chi connectivity index (χ1n) is 5.56. The lowest BCUT2D eigenvalue weighted by Gasteiger charge is -2.15. The molecule has 9 heteroatoms. The molecular weight excluding hydrogens is 266 g/mol. The molecule has 0 fully saturated rings. The number of rotatable bonds is 4. The van der Waals surface area contributed by atoms with Gasteiger partial charge in [0.1, 0.15) is 0 Å². The predicted molar refractivity (Wildman–Crippen MR) is 67.6 cm³/mol. The van der Waals surface area contributed by atoms with E-state index in [1.165, 1.54) is 18.0 Å². The molecule has 0 saturated heterocycles. The number of carbonyl (C=O) groups is 1. The molecular formula is C11H11N5O4. The Labute approximate surface area is 113 Å². The minimum absolute atomic E-state index is 0.0439. The number of nitrogens with two attached hydrogens (primary N) is 1. The number of para-hydroxylation sites is 1. The molecule has 0 unspecified atom stereocenters. The summed E-state index contributed by atoms with van der Waals surface area (Å²) in [5, 5.41) is 17.6. The van der Waals surface area contributed by atoms with Gasteiger partial charge < -0.3 is 10.6 Å². The largest absolute Gasteiger partial charge is 0.379 e. The van der Waals surface area contributed by atoms with E-state index in [9.17, 15) is 14.9 Å². The van der Waals surface area contributed by atoms with Gasteiger partial charge in [0.25, 0.3) is 11.6 Å². The molecule has 0 aliphatic heterocycles. The van der Waals surface area contributed by atoms with Crippen molar-refractivity contribution in [3.63, 3.8) is 0 Å². The van der Waals surface area contributed by atoms with Crippen LogP contribution in [0.4, 0.5) is 11.5 Å². The van der Waals surface area contributed by atoms with E-state index in [1.54, 1.807) is 18.2 Å². The van der Waals surface area contributed by atoms with Crippen LogP contribution < -0.4 is 5.73 Å². The Morgan fingerprint density at radius 2 is 2.15 bits per heavy atom. The third kappa shape index (κ3) is 2.55. The van der Waals surface area contributed by atoms with Gasteiger partial charge in [-0.15, -0.1) is 0 Å². The molecule has 1 amide bonds. The van der Waals surface area contributed by atoms with Crippen molar-refractivity contribution in [2.45, 2.75) is 6.54 Å². The third-order valence-electron chi connectivity index (χ3n) is 2.66. The highest BCUT2D eigenvalue weighted by Crippen LogP contribution is 2.20. The van der Waals surface area contributed by atoms with E-state index in [-0.39, 0.29) is 23.7 Å². The van der Waals surface area contributed by atoms with E-state index in [0.717, 1.165) is 0 Å². The number of carbonyl (C=O) groups excluding carboxylic acids is 1. The first-order chi connectivity index (χ1) is 9.50. The van der Waals surface area contributed by atoms with E-state index >= 15 is 0 Å². The standard InChI is InChI=1S/C11H11N5O4/c1-15(11(17)9-10(12)14-20-13-9)6-7-4-2-3-5-8(7)16(18)19/h2-5H,6H2,1H3,(H2,12,14). The summed E-state index contributed by atoms with van der Waals surface area (Å²) in [6, 6.07) is 6.17. The van der Waals surface area contributed by atoms with Crippen molar-refractivity contribution in [3.05, 3.63) is 45.6 Å². The maximum atomic E-state index is 12.0. The topological polar surface area (TPSA) is 128 Å². The monoisotopic (exact) mass is 277 g/mol. The lowest BCUT2D eigenvalue weighted by molar-refractivity contribution is -0.385. The van der Waals surface area contributed by atoms with Gasteiger partial charge in [0.15, 0.2) is 0 Å². The van der Waals surface area contributed by atoms with Crippen LogP contribution in [-0.2, 0) is 6.54 Å². The van der Waals surface area contributed by atoms with Gasteiger partial charge in [-0.2, -0.15) is 0 Å². The van der Waals surface area contributed by atoms with Gasteiger partial charge in [-0.05, 0) is 10.3 Å². The van der Waals surface area contributed by atoms with Crippen molar-refractivity contribution in [2.75, 3.05) is 12.8 Å². The van der Waals surface area contributed by atoms with Crippen LogP contribution in [0.3, 0.4) is 0 Å². The van der Waals surface area contributed by atoms with E-state index in [4.69, 9.17) is 5.73 Å². The molecule has 2 N–H and O–H groups in total. The molecule has 1 aromatic heterocycles. The molecule has 0 radical (unpaired) electrons. The molecule has 20 heavy (non-hydrogen) atoms. The molecule has 2 rings (SSSR count). The molecule has 1 heterocycles. The predicted octanol–water partition coefficient (Wildman–Crippen LogP) is 0.832. The van der Waals surface area contributed by atoms with Gasteiger partial charge in [0.2, 0.25) is 11.5 Å². The number of benzene rings is 1. The summed E-state index contributed by atoms with van der Waals surface area (Å²) in [6.45, 7) is 0.0439. The quantitative estimate of drug-likeness (QED) is 0.647. The Bertz CT molecular complexity index is 654. The summed E-state index contributed by atoms with van der Waals surface area (Å²) in [7, 11) is 1.48. The van der Waals surface area contributed by atoms with Gasteiger partial charge >= 0.3 is 0 Å². The second-order valence-corrected chi connectivity index (χ2v) is 4.05. The number of nitro groups is 1. The summed E-state index contributed by atoms with van der Waals surface area (Å²) in [5.74, 6) is -0.647. The van der Waals surface area contributed by atoms with Gasteiger partial charge in [0.05, 0.1) is 11.5 Å². The highest BCUT2D eigenvalue weighted by molar-refractivity contribution is 5.95. The molecule has 9 nitrogen and oxygen atoms in total. The van der Waals surface area contributed by atoms with E-state index < -0.39 is 10.8 Å². The first kappa shape index (κ1) is 13.5. The molecule has 0 aliphatic carbocycles. The van der Waals surface area contributed by atoms with Crippen molar-refractivity contribution < 1.29 is 14.3 Å². The van der Waals surface area contributed by atoms with Gasteiger partial charge in [-0.3, -0.25) is 14.9 Å². The van der Waals surface area contributed by atoms with Crippen LogP contribution in [-0.4, -0.2) is 33.1 Å². The van der Waals surface area contributed by atoms with Crippen LogP contribution >= 0.6 is 0 Å². The molecule has 0 bridgehead atoms. The minimum Gasteiger partial charge on any atom is -0.379 e. The van der Waals surface area contributed by atoms with Crippen LogP contribution in [0.25, 0.3) is 0 Å². The van der Waals surface area contributed by atoms with Crippen molar-refractivity contribution >= 4 is 17.4 Å². The lowest BCUT2D eigenvalue weighted by atomic mass is 10.1. The number of nitro benzene ring substituents is 1. The number of nitrogen functional groups attached to an aromatic ring is 1. The van der Waals surface area contributed by atoms with Gasteiger partial charge in [-0.25, -0.2) is 4.63 Å². The van der Waals surface area contributed by atoms with Crippen LogP contribution in [0.2, 0.25) is 0 Å². The van der Waals surface area contributed by atoms with E-state index in [1.807, 2.05) is 0 Å². The normalized spacial score (nSPS) is 10.2. The van der Waals surface area contributed by atoms with Crippen molar-refractivity contribution in [2.24, 2.45) is 0 Å². The number of anilines is 1. The van der Waals surface area contributed by atoms with Crippen molar-refractivity contribution in [1.29, 1.82) is 0 Å². The molecule has 0 aliphatic rings. The number of nitrogens with zero attached hydrogens (tertiary/aromatic N) is 4. The average molecular weight is 277 g/mol. The smallest absolute Gasteiger partial charge is 0.280 e. The zero-order chi connectivity index (χ0) is 14.7. The van der Waals surface area contributed by atoms with Crippen LogP contribution in [0.15, 0.2) is 28.9 Å². The second-order valence-electron chi connectivity index (χ2n) is 4.05. The second kappa shape index (κ2) is 5.34. The van der Waals surface area contributed by atoms with E-state index in [0.29, 0.717) is 5.56 Å². The number of hydrogen-bond donors (Lipinski definition) is 1. The van der Waals surface area contributed by atoms with Crippen molar-refractivity contribution in [1.82, 2.24) is 15.2 Å². The van der Waals surface area contributed by atoms with Crippen LogP contribution in [0.1, 0.15) is 16.1 Å². The number of aromatic nitrogens is 2. The number of hydrogen-bond acceptors (Lipinski definition) is 7. The fourth-order valence-corrected chi connectivity index (χ4v) is 1.67. The summed E-state index contributed by atoms with van der Waals surface area (Å²) >= 11 is 0. The third-order valence-corrected chi connectivity index (χ3v) is 2.66. The SMILES string of the molecule is CN(Cc1ccccc1[N+](=O)[O-])C(=O)c1nonc1N. The molecule has 2 aromatic rings. The molecule has 0 atom stereocenters. The Morgan fingerprint density at radius 1 is 1.45 bits per heavy atom. The molecule has 104 valence electrons. The maximum Gasteiger partial charge on any atom is 0.280 e. The molecule has 0 saturated carbocycles. The van der Waals surface area contributed by atoms with Gasteiger partial charge in [-0.1, -0.05) is 18.2 Å². The summed E-state index contributed by atoms with van der Waals surface area (Å²) in [5.41, 5.74) is 5.66. The lowest BCUT2D eigenvalue weighted by Crippen LogP contribution is -2.27. The Balaban J connectivity index is 2.20. The minimum atomic E-state index is -0.526. The zero-order valence-electron chi connectivity index (χ0n) is 10.5. The van der Waals surface area contributed by atoms with Crippen LogP contribution in [0, 0.1) is 10.1 Å². The Hall–Kier alpha value is -2.97. The highest BCUT2D eigenvalue weighted by atomic mass is 16.6. The molecule has 1 aromatic carbocycles. The fourth-order valence-electron chi connectivity index (χ4n) is 1.67. The van der Waals surface area contributed by atoms with Crippen LogP contribution in [0.5, 0.6) is 0 Å². The highest BCUT2D eigenvalue weighted by Gasteiger charge is 2.22. The maximum absolute atomic E-state index is 12.0. The van der Waals surface area contributed by atoms with E-state index in [2.05, 4.69) is 14.9 Å². The Morgan fingerprint density at radius 3 is 2.75 bits per heavy atom. The van der Waals surface area contributed by atoms with Crippen molar-refractivity contribution in [3.8, 4) is 0 Å². The fraction of sp³-hybridized carbons (Fsp3) is 0.182.